The van der Waals surface area contributed by atoms with E-state index in [1.165, 1.54) is 6.08 Å². The molecule has 0 bridgehead atoms. The van der Waals surface area contributed by atoms with Crippen molar-refractivity contribution in [3.8, 4) is 0 Å². The molecule has 0 heterocycles. The van der Waals surface area contributed by atoms with Crippen molar-refractivity contribution in [1.82, 2.24) is 0 Å². The van der Waals surface area contributed by atoms with Gasteiger partial charge in [-0.25, -0.2) is 0 Å². The third-order valence-corrected chi connectivity index (χ3v) is 1.99. The van der Waals surface area contributed by atoms with E-state index in [2.05, 4.69) is 0 Å². The summed E-state index contributed by atoms with van der Waals surface area (Å²) in [5.74, 6) is -1.18. The van der Waals surface area contributed by atoms with Crippen molar-refractivity contribution in [2.45, 2.75) is 25.4 Å². The third-order valence-electron chi connectivity index (χ3n) is 1.99. The molecule has 0 spiro atoms. The average Bonchev–Trinajstić information content (AvgIpc) is 1.86. The van der Waals surface area contributed by atoms with Crippen LogP contribution in [0.1, 0.15) is 19.3 Å². The Hall–Kier alpha value is -0.405. The number of hydrogen-bond acceptors (Lipinski definition) is 0. The SMILES string of the molecule is BC1=CC(C(F)(F)F)CCC1. The van der Waals surface area contributed by atoms with Crippen molar-refractivity contribution < 1.29 is 13.2 Å². The summed E-state index contributed by atoms with van der Waals surface area (Å²) < 4.78 is 36.2. The van der Waals surface area contributed by atoms with Crippen LogP contribution in [0.4, 0.5) is 13.2 Å². The molecule has 1 rings (SSSR count). The first-order valence-electron chi connectivity index (χ1n) is 3.74. The summed E-state index contributed by atoms with van der Waals surface area (Å²) in [6.07, 6.45) is -0.912. The molecule has 0 N–H and O–H groups in total. The Balaban J connectivity index is 2.67. The summed E-state index contributed by atoms with van der Waals surface area (Å²) in [7, 11) is 1.76. The second kappa shape index (κ2) is 2.91. The van der Waals surface area contributed by atoms with E-state index < -0.39 is 12.1 Å². The summed E-state index contributed by atoms with van der Waals surface area (Å²) in [4.78, 5) is 0. The molecule has 0 aromatic carbocycles. The zero-order valence-corrected chi connectivity index (χ0v) is 6.41. The quantitative estimate of drug-likeness (QED) is 0.477. The van der Waals surface area contributed by atoms with Crippen LogP contribution in [-0.2, 0) is 0 Å². The zero-order chi connectivity index (χ0) is 8.48. The molecule has 0 amide bonds. The van der Waals surface area contributed by atoms with Crippen LogP contribution < -0.4 is 0 Å². The lowest BCUT2D eigenvalue weighted by Gasteiger charge is -2.21. The maximum Gasteiger partial charge on any atom is 0.395 e. The van der Waals surface area contributed by atoms with Gasteiger partial charge in [0, 0.05) is 0 Å². The molecule has 1 aliphatic carbocycles. The predicted molar refractivity (Wildman–Crippen MR) is 40.0 cm³/mol. The average molecular weight is 162 g/mol. The van der Waals surface area contributed by atoms with Gasteiger partial charge >= 0.3 is 6.18 Å². The van der Waals surface area contributed by atoms with Gasteiger partial charge < -0.3 is 0 Å². The summed E-state index contributed by atoms with van der Waals surface area (Å²) in [5.41, 5.74) is 0.874. The van der Waals surface area contributed by atoms with E-state index in [0.29, 0.717) is 6.42 Å². The highest BCUT2D eigenvalue weighted by molar-refractivity contribution is 6.21. The van der Waals surface area contributed by atoms with Crippen LogP contribution in [0, 0.1) is 5.92 Å². The molecule has 1 unspecified atom stereocenters. The fourth-order valence-electron chi connectivity index (χ4n) is 1.37. The van der Waals surface area contributed by atoms with Crippen LogP contribution in [0.3, 0.4) is 0 Å². The Morgan fingerprint density at radius 1 is 1.45 bits per heavy atom. The fraction of sp³-hybridized carbons (Fsp3) is 0.714. The summed E-state index contributed by atoms with van der Waals surface area (Å²) >= 11 is 0. The maximum atomic E-state index is 12.1. The topological polar surface area (TPSA) is 0 Å². The Morgan fingerprint density at radius 3 is 2.45 bits per heavy atom. The van der Waals surface area contributed by atoms with Gasteiger partial charge in [-0.3, -0.25) is 0 Å². The first-order chi connectivity index (χ1) is 5.00. The summed E-state index contributed by atoms with van der Waals surface area (Å²) in [6, 6.07) is 0. The first kappa shape index (κ1) is 8.69. The predicted octanol–water partition coefficient (Wildman–Crippen LogP) is 1.87. The normalized spacial score (nSPS) is 26.5. The van der Waals surface area contributed by atoms with Crippen molar-refractivity contribution in [1.29, 1.82) is 0 Å². The van der Waals surface area contributed by atoms with E-state index in [9.17, 15) is 13.2 Å². The maximum absolute atomic E-state index is 12.1. The van der Waals surface area contributed by atoms with E-state index in [0.717, 1.165) is 11.9 Å². The van der Waals surface area contributed by atoms with Gasteiger partial charge in [0.05, 0.1) is 5.92 Å². The van der Waals surface area contributed by atoms with Gasteiger partial charge in [0.15, 0.2) is 0 Å². The highest BCUT2D eigenvalue weighted by Crippen LogP contribution is 2.35. The Bertz CT molecular complexity index is 171. The Labute approximate surface area is 64.9 Å². The monoisotopic (exact) mass is 162 g/mol. The van der Waals surface area contributed by atoms with Gasteiger partial charge in [-0.05, 0) is 19.3 Å². The minimum absolute atomic E-state index is 0.265. The van der Waals surface area contributed by atoms with Crippen molar-refractivity contribution in [2.75, 3.05) is 0 Å². The molecule has 0 aromatic heterocycles. The van der Waals surface area contributed by atoms with Crippen molar-refractivity contribution in [3.05, 3.63) is 11.5 Å². The van der Waals surface area contributed by atoms with Gasteiger partial charge in [0.2, 0.25) is 0 Å². The minimum atomic E-state index is -4.03. The molecule has 0 nitrogen and oxygen atoms in total. The fourth-order valence-corrected chi connectivity index (χ4v) is 1.37. The Kier molecular flexibility index (Phi) is 2.30. The third kappa shape index (κ3) is 2.28. The number of hydrogen-bond donors (Lipinski definition) is 0. The minimum Gasteiger partial charge on any atom is -0.170 e. The van der Waals surface area contributed by atoms with Crippen LogP contribution in [0.2, 0.25) is 0 Å². The molecule has 0 saturated heterocycles. The van der Waals surface area contributed by atoms with E-state index in [1.807, 2.05) is 0 Å². The van der Waals surface area contributed by atoms with Gasteiger partial charge in [-0.15, -0.1) is 5.47 Å². The molecule has 11 heavy (non-hydrogen) atoms. The summed E-state index contributed by atoms with van der Waals surface area (Å²) in [6.45, 7) is 0. The first-order valence-corrected chi connectivity index (χ1v) is 3.74. The van der Waals surface area contributed by atoms with E-state index in [1.54, 1.807) is 7.85 Å². The highest BCUT2D eigenvalue weighted by atomic mass is 19.4. The van der Waals surface area contributed by atoms with Crippen LogP contribution in [0.25, 0.3) is 0 Å². The number of allylic oxidation sites excluding steroid dienone is 2. The van der Waals surface area contributed by atoms with Crippen molar-refractivity contribution in [2.24, 2.45) is 5.92 Å². The highest BCUT2D eigenvalue weighted by Gasteiger charge is 2.38. The molecule has 0 saturated carbocycles. The number of alkyl halides is 3. The molecule has 0 fully saturated rings. The smallest absolute Gasteiger partial charge is 0.170 e. The van der Waals surface area contributed by atoms with Crippen LogP contribution in [0.5, 0.6) is 0 Å². The lowest BCUT2D eigenvalue weighted by atomic mass is 9.81. The molecule has 1 atom stereocenters. The molecule has 0 radical (unpaired) electrons. The summed E-state index contributed by atoms with van der Waals surface area (Å²) in [5, 5.41) is 0. The molecule has 1 aliphatic rings. The van der Waals surface area contributed by atoms with Gasteiger partial charge in [-0.1, -0.05) is 6.08 Å². The van der Waals surface area contributed by atoms with E-state index in [4.69, 9.17) is 0 Å². The van der Waals surface area contributed by atoms with Crippen LogP contribution in [0.15, 0.2) is 11.5 Å². The molecule has 62 valence electrons. The lowest BCUT2D eigenvalue weighted by Crippen LogP contribution is -2.23. The molecular formula is C7H10BF3. The second-order valence-electron chi connectivity index (χ2n) is 3.05. The second-order valence-corrected chi connectivity index (χ2v) is 3.05. The zero-order valence-electron chi connectivity index (χ0n) is 6.41. The van der Waals surface area contributed by atoms with Gasteiger partial charge in [-0.2, -0.15) is 13.2 Å². The van der Waals surface area contributed by atoms with Crippen LogP contribution in [-0.4, -0.2) is 14.0 Å². The van der Waals surface area contributed by atoms with Crippen molar-refractivity contribution >= 4 is 7.85 Å². The van der Waals surface area contributed by atoms with Gasteiger partial charge in [0.1, 0.15) is 7.85 Å². The van der Waals surface area contributed by atoms with E-state index in [-0.39, 0.29) is 6.42 Å². The molecule has 4 heteroatoms. The van der Waals surface area contributed by atoms with Crippen LogP contribution >= 0.6 is 0 Å². The lowest BCUT2D eigenvalue weighted by molar-refractivity contribution is -0.163. The largest absolute Gasteiger partial charge is 0.395 e. The standard InChI is InChI=1S/C7H10BF3/c8-6-3-1-2-5(4-6)7(9,10)11/h4-5H,1-3,8H2. The molecule has 0 aliphatic heterocycles. The van der Waals surface area contributed by atoms with Crippen molar-refractivity contribution in [3.63, 3.8) is 0 Å². The van der Waals surface area contributed by atoms with E-state index >= 15 is 0 Å². The molecular weight excluding hydrogens is 152 g/mol. The Morgan fingerprint density at radius 2 is 2.09 bits per heavy atom. The number of rotatable bonds is 0. The van der Waals surface area contributed by atoms with Gasteiger partial charge in [0.25, 0.3) is 0 Å². The number of halogens is 3. The molecule has 0 aromatic rings.